The average molecular weight is 207 g/mol. The minimum Gasteiger partial charge on any atom is -0.313 e. The van der Waals surface area contributed by atoms with Crippen molar-refractivity contribution < 1.29 is 4.39 Å². The van der Waals surface area contributed by atoms with Gasteiger partial charge in [0, 0.05) is 6.04 Å². The second kappa shape index (κ2) is 4.31. The van der Waals surface area contributed by atoms with E-state index in [1.807, 2.05) is 19.2 Å². The average Bonchev–Trinajstić information content (AvgIpc) is 3.02. The molecule has 1 fully saturated rings. The third-order valence-corrected chi connectivity index (χ3v) is 3.21. The van der Waals surface area contributed by atoms with Gasteiger partial charge in [-0.15, -0.1) is 0 Å². The van der Waals surface area contributed by atoms with Crippen LogP contribution in [0.2, 0.25) is 0 Å². The molecule has 0 radical (unpaired) electrons. The lowest BCUT2D eigenvalue weighted by atomic mass is 10.00. The van der Waals surface area contributed by atoms with Crippen LogP contribution in [0, 0.1) is 18.7 Å². The van der Waals surface area contributed by atoms with Gasteiger partial charge in [-0.3, -0.25) is 0 Å². The van der Waals surface area contributed by atoms with E-state index in [4.69, 9.17) is 0 Å². The van der Waals surface area contributed by atoms with E-state index in [-0.39, 0.29) is 5.82 Å². The summed E-state index contributed by atoms with van der Waals surface area (Å²) in [6.07, 6.45) is 3.82. The summed E-state index contributed by atoms with van der Waals surface area (Å²) in [5.41, 5.74) is 1.80. The highest BCUT2D eigenvalue weighted by Crippen LogP contribution is 2.37. The van der Waals surface area contributed by atoms with Crippen LogP contribution < -0.4 is 5.32 Å². The van der Waals surface area contributed by atoms with E-state index in [2.05, 4.69) is 5.32 Å². The zero-order valence-corrected chi connectivity index (χ0v) is 9.39. The molecule has 1 aliphatic rings. The first-order chi connectivity index (χ1) is 7.20. The lowest BCUT2D eigenvalue weighted by Gasteiger charge is -2.16. The van der Waals surface area contributed by atoms with Crippen LogP contribution in [0.4, 0.5) is 4.39 Å². The molecule has 1 aromatic carbocycles. The SMILES string of the molecule is CNC(CC1CC1)c1ccc(C)c(F)c1. The lowest BCUT2D eigenvalue weighted by molar-refractivity contribution is 0.509. The largest absolute Gasteiger partial charge is 0.313 e. The van der Waals surface area contributed by atoms with Gasteiger partial charge in [0.1, 0.15) is 5.82 Å². The molecule has 82 valence electrons. The molecule has 1 aromatic rings. The van der Waals surface area contributed by atoms with E-state index in [0.29, 0.717) is 6.04 Å². The molecule has 0 heterocycles. The summed E-state index contributed by atoms with van der Waals surface area (Å²) < 4.78 is 13.4. The van der Waals surface area contributed by atoms with E-state index in [1.54, 1.807) is 13.0 Å². The van der Waals surface area contributed by atoms with Crippen LogP contribution in [-0.4, -0.2) is 7.05 Å². The van der Waals surface area contributed by atoms with Gasteiger partial charge >= 0.3 is 0 Å². The number of benzene rings is 1. The van der Waals surface area contributed by atoms with Crippen molar-refractivity contribution in [2.24, 2.45) is 5.92 Å². The van der Waals surface area contributed by atoms with Crippen LogP contribution in [0.15, 0.2) is 18.2 Å². The van der Waals surface area contributed by atoms with Crippen molar-refractivity contribution in [2.75, 3.05) is 7.05 Å². The van der Waals surface area contributed by atoms with Gasteiger partial charge in [0.15, 0.2) is 0 Å². The Kier molecular flexibility index (Phi) is 3.06. The number of hydrogen-bond acceptors (Lipinski definition) is 1. The highest BCUT2D eigenvalue weighted by Gasteiger charge is 2.25. The first-order valence-corrected chi connectivity index (χ1v) is 5.64. The van der Waals surface area contributed by atoms with Crippen LogP contribution in [0.5, 0.6) is 0 Å². The van der Waals surface area contributed by atoms with Crippen molar-refractivity contribution in [2.45, 2.75) is 32.2 Å². The molecule has 1 saturated carbocycles. The zero-order valence-electron chi connectivity index (χ0n) is 9.39. The van der Waals surface area contributed by atoms with Crippen molar-refractivity contribution in [3.8, 4) is 0 Å². The van der Waals surface area contributed by atoms with Gasteiger partial charge in [0.25, 0.3) is 0 Å². The Morgan fingerprint density at radius 3 is 2.73 bits per heavy atom. The molecule has 2 rings (SSSR count). The summed E-state index contributed by atoms with van der Waals surface area (Å²) >= 11 is 0. The minimum absolute atomic E-state index is 0.0939. The molecule has 0 amide bonds. The van der Waals surface area contributed by atoms with E-state index in [9.17, 15) is 4.39 Å². The number of nitrogens with one attached hydrogen (secondary N) is 1. The second-order valence-corrected chi connectivity index (χ2v) is 4.53. The maximum atomic E-state index is 13.4. The Bertz CT molecular complexity index is 344. The number of halogens is 1. The highest BCUT2D eigenvalue weighted by atomic mass is 19.1. The number of rotatable bonds is 4. The fourth-order valence-corrected chi connectivity index (χ4v) is 1.93. The summed E-state index contributed by atoms with van der Waals surface area (Å²) in [7, 11) is 1.95. The summed E-state index contributed by atoms with van der Waals surface area (Å²) in [6.45, 7) is 1.80. The van der Waals surface area contributed by atoms with Crippen LogP contribution in [-0.2, 0) is 0 Å². The molecule has 1 unspecified atom stereocenters. The Morgan fingerprint density at radius 1 is 1.47 bits per heavy atom. The predicted octanol–water partition coefficient (Wildman–Crippen LogP) is 3.19. The standard InChI is InChI=1S/C13H18FN/c1-9-3-6-11(8-12(9)14)13(15-2)7-10-4-5-10/h3,6,8,10,13,15H,4-5,7H2,1-2H3. The van der Waals surface area contributed by atoms with Crippen LogP contribution in [0.1, 0.15) is 36.4 Å². The van der Waals surface area contributed by atoms with Crippen molar-refractivity contribution in [3.05, 3.63) is 35.1 Å². The van der Waals surface area contributed by atoms with Gasteiger partial charge in [0.2, 0.25) is 0 Å². The van der Waals surface area contributed by atoms with E-state index >= 15 is 0 Å². The molecule has 1 nitrogen and oxygen atoms in total. The highest BCUT2D eigenvalue weighted by molar-refractivity contribution is 5.26. The third-order valence-electron chi connectivity index (χ3n) is 3.21. The fourth-order valence-electron chi connectivity index (χ4n) is 1.93. The minimum atomic E-state index is -0.0939. The van der Waals surface area contributed by atoms with E-state index in [0.717, 1.165) is 23.5 Å². The Labute approximate surface area is 90.7 Å². The predicted molar refractivity (Wildman–Crippen MR) is 60.3 cm³/mol. The maximum Gasteiger partial charge on any atom is 0.126 e. The molecule has 0 aromatic heterocycles. The fraction of sp³-hybridized carbons (Fsp3) is 0.538. The first kappa shape index (κ1) is 10.6. The molecule has 15 heavy (non-hydrogen) atoms. The summed E-state index contributed by atoms with van der Waals surface area (Å²) in [6, 6.07) is 5.87. The topological polar surface area (TPSA) is 12.0 Å². The van der Waals surface area contributed by atoms with Gasteiger partial charge in [0.05, 0.1) is 0 Å². The van der Waals surface area contributed by atoms with E-state index < -0.39 is 0 Å². The van der Waals surface area contributed by atoms with Crippen LogP contribution in [0.25, 0.3) is 0 Å². The lowest BCUT2D eigenvalue weighted by Crippen LogP contribution is -2.17. The Balaban J connectivity index is 2.13. The summed E-state index contributed by atoms with van der Waals surface area (Å²) in [5.74, 6) is 0.760. The van der Waals surface area contributed by atoms with Crippen LogP contribution >= 0.6 is 0 Å². The third kappa shape index (κ3) is 2.57. The monoisotopic (exact) mass is 207 g/mol. The number of hydrogen-bond donors (Lipinski definition) is 1. The Hall–Kier alpha value is -0.890. The van der Waals surface area contributed by atoms with Crippen molar-refractivity contribution >= 4 is 0 Å². The van der Waals surface area contributed by atoms with Gasteiger partial charge in [-0.1, -0.05) is 25.0 Å². The summed E-state index contributed by atoms with van der Waals surface area (Å²) in [5, 5.41) is 3.27. The zero-order chi connectivity index (χ0) is 10.8. The molecule has 2 heteroatoms. The number of aryl methyl sites for hydroxylation is 1. The van der Waals surface area contributed by atoms with Crippen molar-refractivity contribution in [1.29, 1.82) is 0 Å². The molecular weight excluding hydrogens is 189 g/mol. The second-order valence-electron chi connectivity index (χ2n) is 4.53. The smallest absolute Gasteiger partial charge is 0.126 e. The van der Waals surface area contributed by atoms with Crippen LogP contribution in [0.3, 0.4) is 0 Å². The molecule has 1 aliphatic carbocycles. The molecule has 0 bridgehead atoms. The van der Waals surface area contributed by atoms with Gasteiger partial charge in [-0.2, -0.15) is 0 Å². The summed E-state index contributed by atoms with van der Waals surface area (Å²) in [4.78, 5) is 0. The van der Waals surface area contributed by atoms with Gasteiger partial charge in [-0.25, -0.2) is 4.39 Å². The van der Waals surface area contributed by atoms with Crippen molar-refractivity contribution in [1.82, 2.24) is 5.32 Å². The van der Waals surface area contributed by atoms with Gasteiger partial charge in [-0.05, 0) is 43.5 Å². The van der Waals surface area contributed by atoms with Gasteiger partial charge < -0.3 is 5.32 Å². The normalized spacial score (nSPS) is 17.8. The Morgan fingerprint density at radius 2 is 2.20 bits per heavy atom. The molecule has 0 saturated heterocycles. The molecule has 1 N–H and O–H groups in total. The molecular formula is C13H18FN. The molecule has 0 aliphatic heterocycles. The maximum absolute atomic E-state index is 13.4. The van der Waals surface area contributed by atoms with Crippen molar-refractivity contribution in [3.63, 3.8) is 0 Å². The molecule has 0 spiro atoms. The van der Waals surface area contributed by atoms with E-state index in [1.165, 1.54) is 12.8 Å². The molecule has 1 atom stereocenters. The quantitative estimate of drug-likeness (QED) is 0.799. The first-order valence-electron chi connectivity index (χ1n) is 5.64.